The highest BCUT2D eigenvalue weighted by molar-refractivity contribution is 6.31. The minimum absolute atomic E-state index is 0.340. The number of benzene rings is 2. The first-order valence-electron chi connectivity index (χ1n) is 6.66. The van der Waals surface area contributed by atoms with Crippen molar-refractivity contribution in [2.45, 2.75) is 33.2 Å². The fraction of sp³-hybridized carbons (Fsp3) is 0.294. The molecule has 0 saturated carbocycles. The molecule has 0 aliphatic rings. The number of aryl methyl sites for hydroxylation is 3. The summed E-state index contributed by atoms with van der Waals surface area (Å²) in [4.78, 5) is 0. The fourth-order valence-corrected chi connectivity index (χ4v) is 3.02. The van der Waals surface area contributed by atoms with Gasteiger partial charge in [0, 0.05) is 16.6 Å². The van der Waals surface area contributed by atoms with Crippen LogP contribution >= 0.6 is 11.6 Å². The molecule has 1 unspecified atom stereocenters. The van der Waals surface area contributed by atoms with Crippen molar-refractivity contribution in [2.75, 3.05) is 0 Å². The van der Waals surface area contributed by atoms with Gasteiger partial charge in [-0.3, -0.25) is 0 Å². The quantitative estimate of drug-likeness (QED) is 0.875. The van der Waals surface area contributed by atoms with Crippen molar-refractivity contribution in [1.82, 2.24) is 0 Å². The van der Waals surface area contributed by atoms with Crippen LogP contribution in [0.25, 0.3) is 0 Å². The highest BCUT2D eigenvalue weighted by Gasteiger charge is 2.17. The van der Waals surface area contributed by atoms with Gasteiger partial charge in [0.25, 0.3) is 0 Å². The molecule has 0 heterocycles. The molecular weight excluding hydrogens is 273 g/mol. The zero-order valence-corrected chi connectivity index (χ0v) is 12.8. The van der Waals surface area contributed by atoms with Crippen LogP contribution in [0.1, 0.15) is 33.9 Å². The predicted octanol–water partition coefficient (Wildman–Crippen LogP) is 4.65. The van der Waals surface area contributed by atoms with Crippen LogP contribution in [-0.2, 0) is 6.42 Å². The predicted molar refractivity (Wildman–Crippen MR) is 82.7 cm³/mol. The van der Waals surface area contributed by atoms with Crippen LogP contribution in [0.5, 0.6) is 0 Å². The lowest BCUT2D eigenvalue weighted by atomic mass is 9.92. The van der Waals surface area contributed by atoms with Crippen LogP contribution < -0.4 is 5.73 Å². The van der Waals surface area contributed by atoms with Crippen molar-refractivity contribution in [3.05, 3.63) is 69.0 Å². The molecule has 0 fully saturated rings. The Kier molecular flexibility index (Phi) is 4.46. The highest BCUT2D eigenvalue weighted by Crippen LogP contribution is 2.28. The van der Waals surface area contributed by atoms with Gasteiger partial charge in [-0.05, 0) is 56.0 Å². The van der Waals surface area contributed by atoms with E-state index in [1.54, 1.807) is 12.1 Å². The SMILES string of the molecule is Cc1cc(C)c(CC(N)c2c(F)cccc2Cl)c(C)c1. The van der Waals surface area contributed by atoms with Crippen molar-refractivity contribution in [1.29, 1.82) is 0 Å². The Morgan fingerprint density at radius 3 is 2.30 bits per heavy atom. The molecule has 0 amide bonds. The second-order valence-electron chi connectivity index (χ2n) is 5.32. The molecule has 106 valence electrons. The molecule has 3 heteroatoms. The lowest BCUT2D eigenvalue weighted by Gasteiger charge is -2.18. The van der Waals surface area contributed by atoms with E-state index in [2.05, 4.69) is 32.9 Å². The number of nitrogens with two attached hydrogens (primary N) is 1. The van der Waals surface area contributed by atoms with Gasteiger partial charge in [0.2, 0.25) is 0 Å². The van der Waals surface area contributed by atoms with Crippen LogP contribution in [0, 0.1) is 26.6 Å². The van der Waals surface area contributed by atoms with Gasteiger partial charge in [0.15, 0.2) is 0 Å². The Labute approximate surface area is 124 Å². The first-order chi connectivity index (χ1) is 9.40. The van der Waals surface area contributed by atoms with E-state index in [9.17, 15) is 4.39 Å². The summed E-state index contributed by atoms with van der Waals surface area (Å²) in [5.74, 6) is -0.340. The van der Waals surface area contributed by atoms with E-state index in [4.69, 9.17) is 17.3 Å². The van der Waals surface area contributed by atoms with Gasteiger partial charge in [-0.15, -0.1) is 0 Å². The molecule has 2 aromatic rings. The van der Waals surface area contributed by atoms with Crippen molar-refractivity contribution < 1.29 is 4.39 Å². The maximum atomic E-state index is 13.9. The Balaban J connectivity index is 2.35. The molecular formula is C17H19ClFN. The summed E-state index contributed by atoms with van der Waals surface area (Å²) in [5.41, 5.74) is 11.3. The smallest absolute Gasteiger partial charge is 0.129 e. The zero-order valence-electron chi connectivity index (χ0n) is 12.0. The topological polar surface area (TPSA) is 26.0 Å². The molecule has 0 radical (unpaired) electrons. The third kappa shape index (κ3) is 3.02. The summed E-state index contributed by atoms with van der Waals surface area (Å²) in [7, 11) is 0. The zero-order chi connectivity index (χ0) is 14.9. The van der Waals surface area contributed by atoms with Crippen LogP contribution in [-0.4, -0.2) is 0 Å². The molecule has 0 spiro atoms. The van der Waals surface area contributed by atoms with Gasteiger partial charge < -0.3 is 5.73 Å². The van der Waals surface area contributed by atoms with Gasteiger partial charge in [0.05, 0.1) is 0 Å². The van der Waals surface area contributed by atoms with Crippen LogP contribution in [0.2, 0.25) is 5.02 Å². The maximum Gasteiger partial charge on any atom is 0.129 e. The van der Waals surface area contributed by atoms with E-state index < -0.39 is 6.04 Å². The second kappa shape index (κ2) is 5.94. The minimum atomic E-state index is -0.441. The summed E-state index contributed by atoms with van der Waals surface area (Å²) < 4.78 is 13.9. The molecule has 0 aliphatic carbocycles. The molecule has 2 aromatic carbocycles. The van der Waals surface area contributed by atoms with Crippen molar-refractivity contribution in [3.8, 4) is 0 Å². The van der Waals surface area contributed by atoms with E-state index >= 15 is 0 Å². The second-order valence-corrected chi connectivity index (χ2v) is 5.73. The number of rotatable bonds is 3. The fourth-order valence-electron chi connectivity index (χ4n) is 2.72. The van der Waals surface area contributed by atoms with Crippen molar-refractivity contribution in [3.63, 3.8) is 0 Å². The summed E-state index contributed by atoms with van der Waals surface area (Å²) in [6, 6.07) is 8.47. The number of hydrogen-bond donors (Lipinski definition) is 1. The number of hydrogen-bond acceptors (Lipinski definition) is 1. The van der Waals surface area contributed by atoms with Crippen molar-refractivity contribution in [2.24, 2.45) is 5.73 Å². The van der Waals surface area contributed by atoms with E-state index in [0.29, 0.717) is 17.0 Å². The molecule has 2 rings (SSSR count). The summed E-state index contributed by atoms with van der Waals surface area (Å²) in [6.45, 7) is 6.19. The van der Waals surface area contributed by atoms with Gasteiger partial charge in [-0.1, -0.05) is 35.4 Å². The summed E-state index contributed by atoms with van der Waals surface area (Å²) in [6.07, 6.45) is 0.582. The Morgan fingerprint density at radius 1 is 1.15 bits per heavy atom. The van der Waals surface area contributed by atoms with Gasteiger partial charge in [-0.2, -0.15) is 0 Å². The first-order valence-corrected chi connectivity index (χ1v) is 7.04. The molecule has 20 heavy (non-hydrogen) atoms. The van der Waals surface area contributed by atoms with E-state index in [1.807, 2.05) is 0 Å². The third-order valence-corrected chi connectivity index (χ3v) is 3.96. The Morgan fingerprint density at radius 2 is 1.75 bits per heavy atom. The van der Waals surface area contributed by atoms with Crippen LogP contribution in [0.15, 0.2) is 30.3 Å². The average Bonchev–Trinajstić information content (AvgIpc) is 2.33. The summed E-state index contributed by atoms with van der Waals surface area (Å²) >= 11 is 6.08. The largest absolute Gasteiger partial charge is 0.324 e. The molecule has 0 bridgehead atoms. The lowest BCUT2D eigenvalue weighted by Crippen LogP contribution is -2.17. The maximum absolute atomic E-state index is 13.9. The van der Waals surface area contributed by atoms with E-state index in [0.717, 1.165) is 0 Å². The van der Waals surface area contributed by atoms with E-state index in [1.165, 1.54) is 28.3 Å². The molecule has 0 saturated heterocycles. The van der Waals surface area contributed by atoms with Gasteiger partial charge >= 0.3 is 0 Å². The molecule has 2 N–H and O–H groups in total. The molecule has 1 atom stereocenters. The van der Waals surface area contributed by atoms with E-state index in [-0.39, 0.29) is 5.82 Å². The van der Waals surface area contributed by atoms with Crippen LogP contribution in [0.4, 0.5) is 4.39 Å². The lowest BCUT2D eigenvalue weighted by molar-refractivity contribution is 0.579. The van der Waals surface area contributed by atoms with Gasteiger partial charge in [0.1, 0.15) is 5.82 Å². The molecule has 1 nitrogen and oxygen atoms in total. The molecule has 0 aliphatic heterocycles. The van der Waals surface area contributed by atoms with Crippen molar-refractivity contribution >= 4 is 11.6 Å². The average molecular weight is 292 g/mol. The molecule has 0 aromatic heterocycles. The van der Waals surface area contributed by atoms with Gasteiger partial charge in [-0.25, -0.2) is 4.39 Å². The first kappa shape index (κ1) is 15.0. The number of halogens is 2. The highest BCUT2D eigenvalue weighted by atomic mass is 35.5. The Bertz CT molecular complexity index is 594. The Hall–Kier alpha value is -1.38. The summed E-state index contributed by atoms with van der Waals surface area (Å²) in [5, 5.41) is 0.389. The minimum Gasteiger partial charge on any atom is -0.324 e. The normalized spacial score (nSPS) is 12.5. The third-order valence-electron chi connectivity index (χ3n) is 3.63. The van der Waals surface area contributed by atoms with Crippen LogP contribution in [0.3, 0.4) is 0 Å². The monoisotopic (exact) mass is 291 g/mol. The standard InChI is InChI=1S/C17H19ClFN/c1-10-7-11(2)13(12(3)8-10)9-16(20)17-14(18)5-4-6-15(17)19/h4-8,16H,9,20H2,1-3H3.